The van der Waals surface area contributed by atoms with Crippen molar-refractivity contribution in [1.29, 1.82) is 0 Å². The van der Waals surface area contributed by atoms with Gasteiger partial charge in [0.05, 0.1) is 24.4 Å². The summed E-state index contributed by atoms with van der Waals surface area (Å²) in [5, 5.41) is 6.00. The number of hydrogen-bond donors (Lipinski definition) is 2. The zero-order valence-electron chi connectivity index (χ0n) is 25.5. The second-order valence-corrected chi connectivity index (χ2v) is 12.3. The molecule has 2 amide bonds. The first-order chi connectivity index (χ1) is 21.4. The van der Waals surface area contributed by atoms with Gasteiger partial charge >= 0.3 is 6.18 Å². The number of methoxy groups -OCH3 is 1. The van der Waals surface area contributed by atoms with Crippen LogP contribution in [0.4, 0.5) is 24.8 Å². The van der Waals surface area contributed by atoms with Crippen LogP contribution in [0.1, 0.15) is 70.5 Å². The van der Waals surface area contributed by atoms with E-state index >= 15 is 0 Å². The first-order valence-corrected chi connectivity index (χ1v) is 14.8. The molecule has 13 heteroatoms. The molecule has 3 heterocycles. The topological polar surface area (TPSA) is 109 Å². The number of likely N-dealkylation sites (tertiary alicyclic amines) is 1. The van der Waals surface area contributed by atoms with Crippen molar-refractivity contribution in [3.63, 3.8) is 0 Å². The third-order valence-electron chi connectivity index (χ3n) is 9.19. The van der Waals surface area contributed by atoms with Gasteiger partial charge in [-0.25, -0.2) is 4.98 Å². The molecule has 0 bridgehead atoms. The Labute approximate surface area is 258 Å². The van der Waals surface area contributed by atoms with Crippen LogP contribution in [0.25, 0.3) is 0 Å². The van der Waals surface area contributed by atoms with E-state index in [1.165, 1.54) is 18.1 Å². The monoisotopic (exact) mass is 624 g/mol. The number of carbonyl (C=O) groups is 2. The molecule has 1 unspecified atom stereocenters. The number of benzene rings is 2. The number of ether oxygens (including phenoxy) is 2. The Hall–Kier alpha value is -4.39. The molecule has 1 spiro atoms. The zero-order valence-corrected chi connectivity index (χ0v) is 25.5. The van der Waals surface area contributed by atoms with E-state index in [2.05, 4.69) is 32.5 Å². The minimum absolute atomic E-state index is 0.0371. The van der Waals surface area contributed by atoms with E-state index in [0.29, 0.717) is 28.4 Å². The van der Waals surface area contributed by atoms with Crippen LogP contribution in [0.5, 0.6) is 17.4 Å². The minimum atomic E-state index is -4.82. The molecule has 1 aromatic heterocycles. The zero-order chi connectivity index (χ0) is 32.1. The normalized spacial score (nSPS) is 19.7. The fraction of sp³-hybridized carbons (Fsp3) is 0.438. The van der Waals surface area contributed by atoms with Crippen molar-refractivity contribution < 1.29 is 32.2 Å². The summed E-state index contributed by atoms with van der Waals surface area (Å²) >= 11 is 0. The summed E-state index contributed by atoms with van der Waals surface area (Å²) in [4.78, 5) is 37.6. The van der Waals surface area contributed by atoms with Crippen molar-refractivity contribution in [2.24, 2.45) is 5.41 Å². The number of hydrogen-bond acceptors (Lipinski definition) is 8. The van der Waals surface area contributed by atoms with Gasteiger partial charge in [0.1, 0.15) is 17.1 Å². The van der Waals surface area contributed by atoms with E-state index in [-0.39, 0.29) is 46.9 Å². The Morgan fingerprint density at radius 3 is 2.49 bits per heavy atom. The summed E-state index contributed by atoms with van der Waals surface area (Å²) in [7, 11) is 5.16. The number of fused-ring (bicyclic) bond motifs is 1. The molecular formula is C32H35F3N6O4. The van der Waals surface area contributed by atoms with Crippen LogP contribution < -0.4 is 20.1 Å². The van der Waals surface area contributed by atoms with Crippen LogP contribution in [0.2, 0.25) is 0 Å². The average molecular weight is 625 g/mol. The van der Waals surface area contributed by atoms with Crippen molar-refractivity contribution in [2.45, 2.75) is 50.9 Å². The predicted octanol–water partition coefficient (Wildman–Crippen LogP) is 5.79. The Morgan fingerprint density at radius 1 is 1.09 bits per heavy atom. The van der Waals surface area contributed by atoms with Crippen molar-refractivity contribution in [2.75, 3.05) is 39.6 Å². The third kappa shape index (κ3) is 5.88. The van der Waals surface area contributed by atoms with Crippen LogP contribution in [0.3, 0.4) is 0 Å². The third-order valence-corrected chi connectivity index (χ3v) is 9.19. The van der Waals surface area contributed by atoms with Gasteiger partial charge in [-0.3, -0.25) is 9.59 Å². The molecule has 1 aliphatic carbocycles. The van der Waals surface area contributed by atoms with Gasteiger partial charge in [-0.05, 0) is 74.9 Å². The lowest BCUT2D eigenvalue weighted by atomic mass is 9.67. The number of nitrogens with zero attached hydrogens (tertiary/aromatic N) is 4. The molecule has 1 saturated carbocycles. The summed E-state index contributed by atoms with van der Waals surface area (Å²) in [6.45, 7) is 4.04. The van der Waals surface area contributed by atoms with Gasteiger partial charge in [0.15, 0.2) is 0 Å². The number of halogens is 3. The number of aromatic nitrogens is 2. The van der Waals surface area contributed by atoms with Crippen molar-refractivity contribution in [3.05, 3.63) is 64.8 Å². The quantitative estimate of drug-likeness (QED) is 0.340. The second kappa shape index (κ2) is 11.5. The van der Waals surface area contributed by atoms with E-state index in [9.17, 15) is 22.8 Å². The maximum Gasteiger partial charge on any atom is 0.423 e. The first kappa shape index (κ1) is 30.6. The number of nitrogens with one attached hydrogen (secondary N) is 2. The van der Waals surface area contributed by atoms with Crippen LogP contribution in [-0.2, 0) is 6.18 Å². The second-order valence-electron chi connectivity index (χ2n) is 12.3. The lowest BCUT2D eigenvalue weighted by Gasteiger charge is -2.52. The summed E-state index contributed by atoms with van der Waals surface area (Å²) in [6.07, 6.45) is -0.156. The molecule has 0 radical (unpaired) electrons. The number of alkyl halides is 3. The number of rotatable bonds is 7. The number of amides is 2. The van der Waals surface area contributed by atoms with Gasteiger partial charge in [0.2, 0.25) is 11.8 Å². The minimum Gasteiger partial charge on any atom is -0.495 e. The van der Waals surface area contributed by atoms with Crippen LogP contribution in [-0.4, -0.2) is 71.9 Å². The fourth-order valence-electron chi connectivity index (χ4n) is 6.69. The van der Waals surface area contributed by atoms with E-state index in [0.717, 1.165) is 38.8 Å². The molecule has 45 heavy (non-hydrogen) atoms. The highest BCUT2D eigenvalue weighted by Crippen LogP contribution is 2.44. The number of carbonyl (C=O) groups excluding carboxylic acids is 2. The van der Waals surface area contributed by atoms with Gasteiger partial charge in [0.25, 0.3) is 11.8 Å². The molecule has 10 nitrogen and oxygen atoms in total. The Morgan fingerprint density at radius 2 is 1.82 bits per heavy atom. The van der Waals surface area contributed by atoms with Crippen LogP contribution in [0, 0.1) is 5.41 Å². The Kier molecular flexibility index (Phi) is 7.84. The van der Waals surface area contributed by atoms with Gasteiger partial charge in [0, 0.05) is 37.9 Å². The van der Waals surface area contributed by atoms with Crippen molar-refractivity contribution in [3.8, 4) is 17.4 Å². The molecular weight excluding hydrogens is 589 g/mol. The average Bonchev–Trinajstić information content (AvgIpc) is 3.21. The molecule has 1 atom stereocenters. The molecule has 3 aromatic rings. The molecule has 2 aromatic carbocycles. The van der Waals surface area contributed by atoms with Gasteiger partial charge in [-0.2, -0.15) is 18.2 Å². The van der Waals surface area contributed by atoms with E-state index in [1.807, 2.05) is 6.92 Å². The molecule has 6 rings (SSSR count). The Bertz CT molecular complexity index is 1630. The maximum atomic E-state index is 14.0. The first-order valence-electron chi connectivity index (χ1n) is 14.8. The SMILES string of the molecule is COc1cc(C(=O)NC2CCC3(CC2)CN(C)C3)ccc1Nc1ncc(C(F)(F)F)c(Oc2cccc3c2C(=O)N(C)C3C)n1. The highest BCUT2D eigenvalue weighted by atomic mass is 19.4. The summed E-state index contributed by atoms with van der Waals surface area (Å²) in [5.41, 5.74) is 0.751. The predicted molar refractivity (Wildman–Crippen MR) is 160 cm³/mol. The standard InChI is InChI=1S/C32H35F3N6O4/c1-18-21-6-5-7-24(26(21)29(43)41(18)3)45-28-22(32(33,34)35)15-36-30(39-28)38-23-9-8-19(14-25(23)44-4)27(42)37-20-10-12-31(13-11-20)16-40(2)17-31/h5-9,14-15,18,20H,10-13,16-17H2,1-4H3,(H,37,42)(H,36,38,39). The Balaban J connectivity index is 1.20. The summed E-state index contributed by atoms with van der Waals surface area (Å²) in [6, 6.07) is 9.36. The van der Waals surface area contributed by atoms with Gasteiger partial charge < -0.3 is 29.9 Å². The molecule has 2 N–H and O–H groups in total. The fourth-order valence-corrected chi connectivity index (χ4v) is 6.69. The van der Waals surface area contributed by atoms with E-state index < -0.39 is 17.6 Å². The molecule has 3 aliphatic rings. The molecule has 2 fully saturated rings. The van der Waals surface area contributed by atoms with Crippen LogP contribution in [0.15, 0.2) is 42.6 Å². The maximum absolute atomic E-state index is 14.0. The molecule has 1 saturated heterocycles. The van der Waals surface area contributed by atoms with Crippen LogP contribution >= 0.6 is 0 Å². The summed E-state index contributed by atoms with van der Waals surface area (Å²) in [5.74, 6) is -1.31. The lowest BCUT2D eigenvalue weighted by Crippen LogP contribution is -2.57. The summed E-state index contributed by atoms with van der Waals surface area (Å²) < 4.78 is 53.0. The largest absolute Gasteiger partial charge is 0.495 e. The van der Waals surface area contributed by atoms with E-state index in [4.69, 9.17) is 9.47 Å². The lowest BCUT2D eigenvalue weighted by molar-refractivity contribution is -0.139. The smallest absolute Gasteiger partial charge is 0.423 e. The highest BCUT2D eigenvalue weighted by Gasteiger charge is 2.43. The van der Waals surface area contributed by atoms with Crippen molar-refractivity contribution in [1.82, 2.24) is 25.1 Å². The molecule has 2 aliphatic heterocycles. The molecule has 238 valence electrons. The van der Waals surface area contributed by atoms with Gasteiger partial charge in [-0.15, -0.1) is 0 Å². The number of anilines is 2. The van der Waals surface area contributed by atoms with Gasteiger partial charge in [-0.1, -0.05) is 12.1 Å². The van der Waals surface area contributed by atoms with E-state index in [1.54, 1.807) is 37.4 Å². The highest BCUT2D eigenvalue weighted by molar-refractivity contribution is 6.01. The van der Waals surface area contributed by atoms with Crippen molar-refractivity contribution >= 4 is 23.5 Å².